The van der Waals surface area contributed by atoms with Crippen molar-refractivity contribution < 1.29 is 14.4 Å². The van der Waals surface area contributed by atoms with Gasteiger partial charge in [0.05, 0.1) is 23.6 Å². The second-order valence-corrected chi connectivity index (χ2v) is 7.03. The van der Waals surface area contributed by atoms with E-state index in [1.54, 1.807) is 19.2 Å². The number of nitro benzene ring substituents is 1. The largest absolute Gasteiger partial charge is 0.493 e. The highest BCUT2D eigenvalue weighted by molar-refractivity contribution is 5.54. The molecule has 1 aliphatic heterocycles. The molecule has 1 N–H and O–H groups in total. The standard InChI is InChI=1S/C22H29N3O4/c1-4-24(5-2)12-13-29-21-15-18-16(14-20(21)28-3)10-11-23-22(18)17-8-6-7-9-19(17)25(26)27/h6-9,14-15,22-23H,4-5,10-13H2,1-3H3. The molecule has 0 amide bonds. The summed E-state index contributed by atoms with van der Waals surface area (Å²) in [6.07, 6.45) is 0.836. The van der Waals surface area contributed by atoms with Crippen molar-refractivity contribution in [1.82, 2.24) is 10.2 Å². The number of benzene rings is 2. The monoisotopic (exact) mass is 399 g/mol. The van der Waals surface area contributed by atoms with Crippen molar-refractivity contribution in [3.05, 3.63) is 63.2 Å². The Morgan fingerprint density at radius 1 is 1.17 bits per heavy atom. The smallest absolute Gasteiger partial charge is 0.274 e. The van der Waals surface area contributed by atoms with E-state index in [9.17, 15) is 10.1 Å². The van der Waals surface area contributed by atoms with Crippen LogP contribution in [-0.4, -0.2) is 49.7 Å². The van der Waals surface area contributed by atoms with Gasteiger partial charge in [0, 0.05) is 19.2 Å². The van der Waals surface area contributed by atoms with Crippen molar-refractivity contribution in [3.8, 4) is 11.5 Å². The lowest BCUT2D eigenvalue weighted by atomic mass is 9.88. The number of methoxy groups -OCH3 is 1. The zero-order valence-corrected chi connectivity index (χ0v) is 17.3. The molecule has 1 aliphatic rings. The predicted molar refractivity (Wildman–Crippen MR) is 113 cm³/mol. The zero-order valence-electron chi connectivity index (χ0n) is 17.3. The van der Waals surface area contributed by atoms with E-state index in [-0.39, 0.29) is 16.7 Å². The first-order valence-electron chi connectivity index (χ1n) is 10.1. The SMILES string of the molecule is CCN(CC)CCOc1cc2c(cc1OC)CCNC2c1ccccc1[N+](=O)[O-]. The lowest BCUT2D eigenvalue weighted by Gasteiger charge is -2.28. The van der Waals surface area contributed by atoms with Crippen LogP contribution in [-0.2, 0) is 6.42 Å². The van der Waals surface area contributed by atoms with Crippen LogP contribution in [0.5, 0.6) is 11.5 Å². The maximum atomic E-state index is 11.5. The number of nitrogens with zero attached hydrogens (tertiary/aromatic N) is 2. The normalized spacial score (nSPS) is 15.8. The fraction of sp³-hybridized carbons (Fsp3) is 0.455. The highest BCUT2D eigenvalue weighted by atomic mass is 16.6. The highest BCUT2D eigenvalue weighted by Gasteiger charge is 2.28. The molecule has 1 atom stereocenters. The van der Waals surface area contributed by atoms with E-state index in [0.717, 1.165) is 43.7 Å². The van der Waals surface area contributed by atoms with Crippen LogP contribution in [0, 0.1) is 10.1 Å². The summed E-state index contributed by atoms with van der Waals surface area (Å²) in [5.41, 5.74) is 2.92. The molecule has 2 aromatic rings. The Bertz CT molecular complexity index is 852. The Morgan fingerprint density at radius 3 is 2.62 bits per heavy atom. The molecular weight excluding hydrogens is 370 g/mol. The number of nitro groups is 1. The second kappa shape index (κ2) is 9.71. The number of nitrogens with one attached hydrogen (secondary N) is 1. The first-order valence-corrected chi connectivity index (χ1v) is 10.1. The summed E-state index contributed by atoms with van der Waals surface area (Å²) in [7, 11) is 1.64. The molecule has 1 heterocycles. The number of rotatable bonds is 9. The van der Waals surface area contributed by atoms with Gasteiger partial charge in [-0.25, -0.2) is 0 Å². The molecule has 7 heteroatoms. The molecule has 0 aromatic heterocycles. The van der Waals surface area contributed by atoms with Crippen LogP contribution in [0.15, 0.2) is 36.4 Å². The Hall–Kier alpha value is -2.64. The van der Waals surface area contributed by atoms with Crippen molar-refractivity contribution in [1.29, 1.82) is 0 Å². The maximum absolute atomic E-state index is 11.5. The van der Waals surface area contributed by atoms with Crippen LogP contribution in [0.1, 0.15) is 36.6 Å². The molecule has 0 radical (unpaired) electrons. The topological polar surface area (TPSA) is 76.9 Å². The van der Waals surface area contributed by atoms with E-state index in [1.807, 2.05) is 24.3 Å². The van der Waals surface area contributed by atoms with E-state index in [1.165, 1.54) is 0 Å². The first-order chi connectivity index (χ1) is 14.1. The minimum Gasteiger partial charge on any atom is -0.493 e. The quantitative estimate of drug-likeness (QED) is 0.513. The Kier molecular flexibility index (Phi) is 7.06. The molecule has 0 fully saturated rings. The molecule has 29 heavy (non-hydrogen) atoms. The number of likely N-dealkylation sites (N-methyl/N-ethyl adjacent to an activating group) is 1. The molecule has 156 valence electrons. The van der Waals surface area contributed by atoms with Crippen LogP contribution >= 0.6 is 0 Å². The van der Waals surface area contributed by atoms with E-state index in [2.05, 4.69) is 24.1 Å². The fourth-order valence-electron chi connectivity index (χ4n) is 3.84. The van der Waals surface area contributed by atoms with Crippen LogP contribution in [0.3, 0.4) is 0 Å². The number of hydrogen-bond donors (Lipinski definition) is 1. The van der Waals surface area contributed by atoms with E-state index >= 15 is 0 Å². The third kappa shape index (κ3) is 4.68. The molecule has 0 saturated heterocycles. The molecule has 1 unspecified atom stereocenters. The molecule has 3 rings (SSSR count). The van der Waals surface area contributed by atoms with Gasteiger partial charge in [-0.1, -0.05) is 32.0 Å². The van der Waals surface area contributed by atoms with Crippen LogP contribution < -0.4 is 14.8 Å². The van der Waals surface area contributed by atoms with E-state index < -0.39 is 0 Å². The highest BCUT2D eigenvalue weighted by Crippen LogP contribution is 2.39. The molecule has 7 nitrogen and oxygen atoms in total. The summed E-state index contributed by atoms with van der Waals surface area (Å²) in [4.78, 5) is 13.5. The number of ether oxygens (including phenoxy) is 2. The van der Waals surface area contributed by atoms with Gasteiger partial charge in [0.15, 0.2) is 11.5 Å². The summed E-state index contributed by atoms with van der Waals surface area (Å²) in [5.74, 6) is 1.37. The van der Waals surface area contributed by atoms with Gasteiger partial charge in [-0.15, -0.1) is 0 Å². The van der Waals surface area contributed by atoms with Crippen molar-refractivity contribution >= 4 is 5.69 Å². The summed E-state index contributed by atoms with van der Waals surface area (Å²) >= 11 is 0. The van der Waals surface area contributed by atoms with Gasteiger partial charge in [0.2, 0.25) is 0 Å². The van der Waals surface area contributed by atoms with Crippen molar-refractivity contribution in [2.24, 2.45) is 0 Å². The van der Waals surface area contributed by atoms with Gasteiger partial charge in [0.25, 0.3) is 5.69 Å². The minimum absolute atomic E-state index is 0.123. The summed E-state index contributed by atoms with van der Waals surface area (Å²) in [6.45, 7) is 8.35. The zero-order chi connectivity index (χ0) is 20.8. The van der Waals surface area contributed by atoms with Gasteiger partial charge >= 0.3 is 0 Å². The summed E-state index contributed by atoms with van der Waals surface area (Å²) < 4.78 is 11.6. The number of para-hydroxylation sites is 1. The number of fused-ring (bicyclic) bond motifs is 1. The van der Waals surface area contributed by atoms with Crippen molar-refractivity contribution in [2.75, 3.05) is 39.9 Å². The Labute approximate surface area is 171 Å². The van der Waals surface area contributed by atoms with E-state index in [0.29, 0.717) is 23.7 Å². The minimum atomic E-state index is -0.323. The predicted octanol–water partition coefficient (Wildman–Crippen LogP) is 3.56. The van der Waals surface area contributed by atoms with Gasteiger partial charge in [-0.05, 0) is 42.8 Å². The summed E-state index contributed by atoms with van der Waals surface area (Å²) in [6, 6.07) is 10.6. The Balaban J connectivity index is 1.93. The van der Waals surface area contributed by atoms with Crippen LogP contribution in [0.2, 0.25) is 0 Å². The average molecular weight is 399 g/mol. The van der Waals surface area contributed by atoms with Crippen molar-refractivity contribution in [3.63, 3.8) is 0 Å². The van der Waals surface area contributed by atoms with Crippen LogP contribution in [0.25, 0.3) is 0 Å². The van der Waals surface area contributed by atoms with Crippen molar-refractivity contribution in [2.45, 2.75) is 26.3 Å². The summed E-state index contributed by atoms with van der Waals surface area (Å²) in [5, 5.41) is 15.0. The van der Waals surface area contributed by atoms with Crippen LogP contribution in [0.4, 0.5) is 5.69 Å². The van der Waals surface area contributed by atoms with E-state index in [4.69, 9.17) is 9.47 Å². The fourth-order valence-corrected chi connectivity index (χ4v) is 3.84. The third-order valence-electron chi connectivity index (χ3n) is 5.48. The Morgan fingerprint density at radius 2 is 1.93 bits per heavy atom. The number of hydrogen-bond acceptors (Lipinski definition) is 6. The third-order valence-corrected chi connectivity index (χ3v) is 5.48. The maximum Gasteiger partial charge on any atom is 0.274 e. The lowest BCUT2D eigenvalue weighted by Crippen LogP contribution is -2.31. The van der Waals surface area contributed by atoms with Gasteiger partial charge in [-0.3, -0.25) is 10.1 Å². The molecular formula is C22H29N3O4. The van der Waals surface area contributed by atoms with Gasteiger partial charge in [-0.2, -0.15) is 0 Å². The molecule has 2 aromatic carbocycles. The second-order valence-electron chi connectivity index (χ2n) is 7.03. The molecule has 0 saturated carbocycles. The van der Waals surface area contributed by atoms with Gasteiger partial charge in [0.1, 0.15) is 6.61 Å². The molecule has 0 bridgehead atoms. The van der Waals surface area contributed by atoms with Gasteiger partial charge < -0.3 is 19.7 Å². The molecule has 0 aliphatic carbocycles. The molecule has 0 spiro atoms. The average Bonchev–Trinajstić information content (AvgIpc) is 2.75. The lowest BCUT2D eigenvalue weighted by molar-refractivity contribution is -0.385. The first kappa shape index (κ1) is 21.1.